The van der Waals surface area contributed by atoms with Crippen molar-refractivity contribution in [2.75, 3.05) is 13.1 Å². The van der Waals surface area contributed by atoms with E-state index in [1.807, 2.05) is 0 Å². The van der Waals surface area contributed by atoms with E-state index in [1.165, 1.54) is 45.2 Å². The monoisotopic (exact) mass is 224 g/mol. The molecule has 2 heteroatoms. The van der Waals surface area contributed by atoms with Gasteiger partial charge < -0.3 is 5.32 Å². The summed E-state index contributed by atoms with van der Waals surface area (Å²) < 4.78 is 0. The highest BCUT2D eigenvalue weighted by atomic mass is 15.2. The second kappa shape index (κ2) is 5.50. The maximum absolute atomic E-state index is 3.64. The Morgan fingerprint density at radius 2 is 2.00 bits per heavy atom. The zero-order chi connectivity index (χ0) is 11.5. The van der Waals surface area contributed by atoms with Gasteiger partial charge in [-0.3, -0.25) is 4.90 Å². The third kappa shape index (κ3) is 2.98. The molecule has 0 bridgehead atoms. The van der Waals surface area contributed by atoms with E-state index in [4.69, 9.17) is 0 Å². The predicted molar refractivity (Wildman–Crippen MR) is 69.7 cm³/mol. The summed E-state index contributed by atoms with van der Waals surface area (Å²) in [5, 5.41) is 3.64. The van der Waals surface area contributed by atoms with E-state index in [1.54, 1.807) is 0 Å². The fourth-order valence-electron chi connectivity index (χ4n) is 2.89. The molecular weight excluding hydrogens is 196 g/mol. The lowest BCUT2D eigenvalue weighted by molar-refractivity contribution is 0.137. The van der Waals surface area contributed by atoms with Crippen molar-refractivity contribution in [1.82, 2.24) is 10.2 Å². The molecule has 16 heavy (non-hydrogen) atoms. The lowest BCUT2D eigenvalue weighted by atomic mass is 9.98. The van der Waals surface area contributed by atoms with Crippen LogP contribution < -0.4 is 5.32 Å². The molecule has 2 fully saturated rings. The van der Waals surface area contributed by atoms with E-state index in [-0.39, 0.29) is 0 Å². The van der Waals surface area contributed by atoms with Crippen LogP contribution in [0.25, 0.3) is 0 Å². The van der Waals surface area contributed by atoms with Crippen LogP contribution in [0.1, 0.15) is 52.9 Å². The van der Waals surface area contributed by atoms with Gasteiger partial charge in [0.25, 0.3) is 0 Å². The Morgan fingerprint density at radius 3 is 2.50 bits per heavy atom. The molecule has 2 aliphatic rings. The van der Waals surface area contributed by atoms with Crippen LogP contribution >= 0.6 is 0 Å². The van der Waals surface area contributed by atoms with Crippen LogP contribution in [-0.2, 0) is 0 Å². The first-order valence-corrected chi connectivity index (χ1v) is 7.21. The zero-order valence-corrected chi connectivity index (χ0v) is 11.2. The largest absolute Gasteiger partial charge is 0.313 e. The second-order valence-electron chi connectivity index (χ2n) is 5.85. The van der Waals surface area contributed by atoms with Crippen molar-refractivity contribution in [3.8, 4) is 0 Å². The molecule has 3 unspecified atom stereocenters. The maximum Gasteiger partial charge on any atom is 0.0195 e. The highest BCUT2D eigenvalue weighted by Crippen LogP contribution is 2.31. The minimum absolute atomic E-state index is 0.764. The predicted octanol–water partition coefficient (Wildman–Crippen LogP) is 2.64. The van der Waals surface area contributed by atoms with Crippen LogP contribution in [0.3, 0.4) is 0 Å². The molecule has 1 aliphatic carbocycles. The number of nitrogens with one attached hydrogen (secondary N) is 1. The molecule has 1 N–H and O–H groups in total. The van der Waals surface area contributed by atoms with E-state index < -0.39 is 0 Å². The fourth-order valence-corrected chi connectivity index (χ4v) is 2.89. The van der Waals surface area contributed by atoms with Gasteiger partial charge in [-0.15, -0.1) is 0 Å². The molecule has 1 aliphatic heterocycles. The average Bonchev–Trinajstić information content (AvgIpc) is 3.01. The topological polar surface area (TPSA) is 15.3 Å². The molecule has 0 spiro atoms. The van der Waals surface area contributed by atoms with Gasteiger partial charge >= 0.3 is 0 Å². The summed E-state index contributed by atoms with van der Waals surface area (Å²) in [6.07, 6.45) is 6.95. The minimum Gasteiger partial charge on any atom is -0.313 e. The molecule has 1 heterocycles. The van der Waals surface area contributed by atoms with Crippen molar-refractivity contribution < 1.29 is 0 Å². The normalized spacial score (nSPS) is 29.6. The quantitative estimate of drug-likeness (QED) is 0.746. The van der Waals surface area contributed by atoms with E-state index in [0.717, 1.165) is 24.0 Å². The van der Waals surface area contributed by atoms with Crippen molar-refractivity contribution in [2.24, 2.45) is 5.92 Å². The van der Waals surface area contributed by atoms with Crippen LogP contribution in [0.2, 0.25) is 0 Å². The number of hydrogen-bond acceptors (Lipinski definition) is 2. The molecule has 1 saturated heterocycles. The SMILES string of the molecule is CCC(C)C(C)N(CC1CCCN1)C1CC1. The molecule has 1 saturated carbocycles. The highest BCUT2D eigenvalue weighted by molar-refractivity contribution is 4.91. The number of nitrogens with zero attached hydrogens (tertiary/aromatic N) is 1. The van der Waals surface area contributed by atoms with Crippen molar-refractivity contribution in [2.45, 2.75) is 71.0 Å². The van der Waals surface area contributed by atoms with Crippen LogP contribution in [0, 0.1) is 5.92 Å². The molecule has 0 radical (unpaired) electrons. The van der Waals surface area contributed by atoms with Crippen LogP contribution in [0.5, 0.6) is 0 Å². The first kappa shape index (κ1) is 12.4. The van der Waals surface area contributed by atoms with Gasteiger partial charge in [-0.05, 0) is 45.1 Å². The summed E-state index contributed by atoms with van der Waals surface area (Å²) in [6, 6.07) is 2.44. The lowest BCUT2D eigenvalue weighted by Gasteiger charge is -2.35. The van der Waals surface area contributed by atoms with Crippen molar-refractivity contribution in [1.29, 1.82) is 0 Å². The summed E-state index contributed by atoms with van der Waals surface area (Å²) in [5.74, 6) is 0.835. The second-order valence-corrected chi connectivity index (χ2v) is 5.85. The third-order valence-electron chi connectivity index (χ3n) is 4.60. The minimum atomic E-state index is 0.764. The van der Waals surface area contributed by atoms with Gasteiger partial charge in [0.15, 0.2) is 0 Å². The molecule has 0 amide bonds. The first-order valence-electron chi connectivity index (χ1n) is 7.21. The van der Waals surface area contributed by atoms with Crippen LogP contribution in [0.4, 0.5) is 0 Å². The molecule has 0 aromatic heterocycles. The molecule has 2 rings (SSSR count). The standard InChI is InChI=1S/C14H28N2/c1-4-11(2)12(3)16(14-7-8-14)10-13-6-5-9-15-13/h11-15H,4-10H2,1-3H3. The lowest BCUT2D eigenvalue weighted by Crippen LogP contribution is -2.45. The Kier molecular flexibility index (Phi) is 4.26. The van der Waals surface area contributed by atoms with E-state index in [0.29, 0.717) is 0 Å². The smallest absolute Gasteiger partial charge is 0.0195 e. The Morgan fingerprint density at radius 1 is 1.25 bits per heavy atom. The van der Waals surface area contributed by atoms with Gasteiger partial charge in [-0.25, -0.2) is 0 Å². The third-order valence-corrected chi connectivity index (χ3v) is 4.60. The fraction of sp³-hybridized carbons (Fsp3) is 1.00. The Bertz CT molecular complexity index is 207. The average molecular weight is 224 g/mol. The number of rotatable bonds is 6. The summed E-state index contributed by atoms with van der Waals surface area (Å²) in [5.41, 5.74) is 0. The zero-order valence-electron chi connectivity index (χ0n) is 11.2. The number of hydrogen-bond donors (Lipinski definition) is 1. The van der Waals surface area contributed by atoms with Gasteiger partial charge in [-0.1, -0.05) is 20.3 Å². The van der Waals surface area contributed by atoms with Gasteiger partial charge in [0.2, 0.25) is 0 Å². The van der Waals surface area contributed by atoms with Crippen LogP contribution in [-0.4, -0.2) is 36.1 Å². The molecule has 0 aromatic rings. The molecule has 3 atom stereocenters. The van der Waals surface area contributed by atoms with Crippen LogP contribution in [0.15, 0.2) is 0 Å². The maximum atomic E-state index is 3.64. The summed E-state index contributed by atoms with van der Waals surface area (Å²) >= 11 is 0. The van der Waals surface area contributed by atoms with E-state index >= 15 is 0 Å². The van der Waals surface area contributed by atoms with Gasteiger partial charge in [-0.2, -0.15) is 0 Å². The first-order chi connectivity index (χ1) is 7.72. The molecule has 2 nitrogen and oxygen atoms in total. The Hall–Kier alpha value is -0.0800. The Labute approximate surface area is 101 Å². The van der Waals surface area contributed by atoms with Crippen molar-refractivity contribution in [3.05, 3.63) is 0 Å². The Balaban J connectivity index is 1.88. The van der Waals surface area contributed by atoms with Gasteiger partial charge in [0.1, 0.15) is 0 Å². The van der Waals surface area contributed by atoms with Crippen molar-refractivity contribution >= 4 is 0 Å². The summed E-state index contributed by atoms with van der Waals surface area (Å²) in [4.78, 5) is 2.79. The summed E-state index contributed by atoms with van der Waals surface area (Å²) in [7, 11) is 0. The van der Waals surface area contributed by atoms with E-state index in [9.17, 15) is 0 Å². The van der Waals surface area contributed by atoms with Crippen molar-refractivity contribution in [3.63, 3.8) is 0 Å². The van der Waals surface area contributed by atoms with Gasteiger partial charge in [0, 0.05) is 24.7 Å². The molecule has 0 aromatic carbocycles. The van der Waals surface area contributed by atoms with E-state index in [2.05, 4.69) is 31.0 Å². The van der Waals surface area contributed by atoms with Gasteiger partial charge in [0.05, 0.1) is 0 Å². The molecule has 94 valence electrons. The highest BCUT2D eigenvalue weighted by Gasteiger charge is 2.35. The summed E-state index contributed by atoms with van der Waals surface area (Å²) in [6.45, 7) is 9.68. The molecular formula is C14H28N2.